The molecule has 166 valence electrons. The summed E-state index contributed by atoms with van der Waals surface area (Å²) in [6.07, 6.45) is 4.93. The number of rotatable bonds is 5. The molecule has 0 bridgehead atoms. The molecule has 1 saturated carbocycles. The summed E-state index contributed by atoms with van der Waals surface area (Å²) in [5.74, 6) is 1.72. The van der Waals surface area contributed by atoms with E-state index >= 15 is 0 Å². The van der Waals surface area contributed by atoms with Crippen LogP contribution >= 0.6 is 0 Å². The van der Waals surface area contributed by atoms with Crippen LogP contribution in [0.4, 0.5) is 0 Å². The number of fused-ring (bicyclic) bond motifs is 2. The number of methoxy groups -OCH3 is 2. The monoisotopic (exact) mass is 429 g/mol. The van der Waals surface area contributed by atoms with Gasteiger partial charge in [0, 0.05) is 17.9 Å². The van der Waals surface area contributed by atoms with Crippen LogP contribution in [0.15, 0.2) is 60.7 Å². The van der Waals surface area contributed by atoms with Crippen molar-refractivity contribution in [2.75, 3.05) is 14.2 Å². The maximum atomic E-state index is 13.6. The zero-order valence-electron chi connectivity index (χ0n) is 19.1. The van der Waals surface area contributed by atoms with E-state index in [2.05, 4.69) is 66.4 Å². The predicted molar refractivity (Wildman–Crippen MR) is 127 cm³/mol. The molecule has 1 aliphatic carbocycles. The third kappa shape index (κ3) is 3.16. The molecule has 0 N–H and O–H groups in total. The minimum Gasteiger partial charge on any atom is -0.493 e. The van der Waals surface area contributed by atoms with Crippen LogP contribution in [0.5, 0.6) is 11.5 Å². The van der Waals surface area contributed by atoms with Crippen LogP contribution in [-0.4, -0.2) is 31.1 Å². The highest BCUT2D eigenvalue weighted by Gasteiger charge is 2.54. The second-order valence-corrected chi connectivity index (χ2v) is 9.21. The van der Waals surface area contributed by atoms with Crippen molar-refractivity contribution in [3.05, 3.63) is 71.8 Å². The molecule has 1 amide bonds. The SMILES string of the molecule is COc1ccc([C@]23CCCC[C@H]2N([C@H](C)c2cccc4ccccc24)C(=O)C3)cc1OC. The van der Waals surface area contributed by atoms with Crippen LogP contribution in [0.2, 0.25) is 0 Å². The molecule has 1 heterocycles. The standard InChI is InChI=1S/C28H31NO3/c1-19(22-12-8-10-20-9-4-5-11-23(20)22)29-26-13-6-7-16-28(26,18-27(29)30)21-14-15-24(31-2)25(17-21)32-3/h4-5,8-12,14-15,17,19,26H,6-7,13,16,18H2,1-3H3/t19-,26-,28-/m1/s1. The van der Waals surface area contributed by atoms with Crippen molar-refractivity contribution in [1.29, 1.82) is 0 Å². The van der Waals surface area contributed by atoms with Crippen molar-refractivity contribution in [2.45, 2.75) is 56.5 Å². The van der Waals surface area contributed by atoms with Gasteiger partial charge < -0.3 is 14.4 Å². The Hall–Kier alpha value is -3.01. The Kier molecular flexibility index (Phi) is 5.32. The van der Waals surface area contributed by atoms with Crippen LogP contribution in [0.1, 0.15) is 56.2 Å². The maximum absolute atomic E-state index is 13.6. The summed E-state index contributed by atoms with van der Waals surface area (Å²) in [6, 6.07) is 21.3. The molecule has 0 unspecified atom stereocenters. The van der Waals surface area contributed by atoms with E-state index in [4.69, 9.17) is 9.47 Å². The first-order chi connectivity index (χ1) is 15.6. The summed E-state index contributed by atoms with van der Waals surface area (Å²) < 4.78 is 11.1. The number of likely N-dealkylation sites (tertiary alicyclic amines) is 1. The Morgan fingerprint density at radius 1 is 0.969 bits per heavy atom. The van der Waals surface area contributed by atoms with Gasteiger partial charge in [-0.1, -0.05) is 61.4 Å². The van der Waals surface area contributed by atoms with E-state index in [0.717, 1.165) is 37.2 Å². The van der Waals surface area contributed by atoms with Crippen molar-refractivity contribution in [3.63, 3.8) is 0 Å². The number of amides is 1. The molecule has 3 aromatic rings. The quantitative estimate of drug-likeness (QED) is 0.497. The molecule has 2 aliphatic rings. The Morgan fingerprint density at radius 2 is 1.75 bits per heavy atom. The van der Waals surface area contributed by atoms with E-state index in [1.807, 2.05) is 6.07 Å². The number of ether oxygens (including phenoxy) is 2. The lowest BCUT2D eigenvalue weighted by molar-refractivity contribution is -0.131. The summed E-state index contributed by atoms with van der Waals surface area (Å²) in [5, 5.41) is 2.45. The van der Waals surface area contributed by atoms with Crippen molar-refractivity contribution in [3.8, 4) is 11.5 Å². The highest BCUT2D eigenvalue weighted by Crippen LogP contribution is 2.53. The molecule has 0 spiro atoms. The largest absolute Gasteiger partial charge is 0.493 e. The zero-order valence-corrected chi connectivity index (χ0v) is 19.1. The van der Waals surface area contributed by atoms with Gasteiger partial charge in [-0.2, -0.15) is 0 Å². The first-order valence-corrected chi connectivity index (χ1v) is 11.6. The lowest BCUT2D eigenvalue weighted by atomic mass is 9.66. The minimum absolute atomic E-state index is 0.0266. The smallest absolute Gasteiger partial charge is 0.224 e. The number of hydrogen-bond acceptors (Lipinski definition) is 3. The van der Waals surface area contributed by atoms with Crippen LogP contribution in [0, 0.1) is 0 Å². The van der Waals surface area contributed by atoms with E-state index in [-0.39, 0.29) is 23.4 Å². The van der Waals surface area contributed by atoms with Crippen LogP contribution < -0.4 is 9.47 Å². The second-order valence-electron chi connectivity index (χ2n) is 9.21. The fourth-order valence-corrected chi connectivity index (χ4v) is 6.20. The number of carbonyl (C=O) groups excluding carboxylic acids is 1. The van der Waals surface area contributed by atoms with Gasteiger partial charge in [0.1, 0.15) is 0 Å². The molecule has 2 fully saturated rings. The molecule has 1 saturated heterocycles. The van der Waals surface area contributed by atoms with Crippen LogP contribution in [0.3, 0.4) is 0 Å². The molecule has 5 rings (SSSR count). The molecule has 4 nitrogen and oxygen atoms in total. The summed E-state index contributed by atoms with van der Waals surface area (Å²) >= 11 is 0. The van der Waals surface area contributed by atoms with E-state index in [0.29, 0.717) is 6.42 Å². The van der Waals surface area contributed by atoms with Gasteiger partial charge in [-0.25, -0.2) is 0 Å². The fourth-order valence-electron chi connectivity index (χ4n) is 6.20. The van der Waals surface area contributed by atoms with Gasteiger partial charge in [-0.3, -0.25) is 4.79 Å². The average molecular weight is 430 g/mol. The second kappa shape index (κ2) is 8.16. The van der Waals surface area contributed by atoms with Gasteiger partial charge in [0.2, 0.25) is 5.91 Å². The molecule has 1 aliphatic heterocycles. The molecule has 0 aromatic heterocycles. The third-order valence-electron chi connectivity index (χ3n) is 7.73. The zero-order chi connectivity index (χ0) is 22.3. The number of nitrogens with zero attached hydrogens (tertiary/aromatic N) is 1. The van der Waals surface area contributed by atoms with Crippen molar-refractivity contribution >= 4 is 16.7 Å². The molecular formula is C28H31NO3. The normalized spacial score (nSPS) is 23.8. The molecular weight excluding hydrogens is 398 g/mol. The number of benzene rings is 3. The summed E-state index contributed by atoms with van der Waals surface area (Å²) in [5.41, 5.74) is 2.25. The Morgan fingerprint density at radius 3 is 2.56 bits per heavy atom. The highest BCUT2D eigenvalue weighted by molar-refractivity contribution is 5.88. The first-order valence-electron chi connectivity index (χ1n) is 11.6. The Bertz CT molecular complexity index is 1150. The van der Waals surface area contributed by atoms with Crippen LogP contribution in [0.25, 0.3) is 10.8 Å². The molecule has 3 aromatic carbocycles. The van der Waals surface area contributed by atoms with Crippen molar-refractivity contribution in [1.82, 2.24) is 4.90 Å². The van der Waals surface area contributed by atoms with Crippen molar-refractivity contribution < 1.29 is 14.3 Å². The van der Waals surface area contributed by atoms with Gasteiger partial charge in [-0.05, 0) is 53.8 Å². The van der Waals surface area contributed by atoms with E-state index in [1.54, 1.807) is 14.2 Å². The molecule has 32 heavy (non-hydrogen) atoms. The van der Waals surface area contributed by atoms with Crippen LogP contribution in [-0.2, 0) is 10.2 Å². The molecule has 0 radical (unpaired) electrons. The molecule has 3 atom stereocenters. The summed E-state index contributed by atoms with van der Waals surface area (Å²) in [7, 11) is 3.33. The van der Waals surface area contributed by atoms with Gasteiger partial charge in [0.25, 0.3) is 0 Å². The topological polar surface area (TPSA) is 38.8 Å². The first kappa shape index (κ1) is 20.9. The van der Waals surface area contributed by atoms with Gasteiger partial charge >= 0.3 is 0 Å². The van der Waals surface area contributed by atoms with E-state index in [9.17, 15) is 4.79 Å². The predicted octanol–water partition coefficient (Wildman–Crippen LogP) is 6.03. The van der Waals surface area contributed by atoms with Gasteiger partial charge in [0.15, 0.2) is 11.5 Å². The maximum Gasteiger partial charge on any atom is 0.224 e. The van der Waals surface area contributed by atoms with Gasteiger partial charge in [0.05, 0.1) is 20.3 Å². The summed E-state index contributed by atoms with van der Waals surface area (Å²) in [6.45, 7) is 2.19. The van der Waals surface area contributed by atoms with E-state index < -0.39 is 0 Å². The number of hydrogen-bond donors (Lipinski definition) is 0. The Balaban J connectivity index is 1.58. The number of carbonyl (C=O) groups is 1. The lowest BCUT2D eigenvalue weighted by Crippen LogP contribution is -2.46. The van der Waals surface area contributed by atoms with Crippen molar-refractivity contribution in [2.24, 2.45) is 0 Å². The highest BCUT2D eigenvalue weighted by atomic mass is 16.5. The van der Waals surface area contributed by atoms with Gasteiger partial charge in [-0.15, -0.1) is 0 Å². The Labute approximate surface area is 190 Å². The lowest BCUT2D eigenvalue weighted by Gasteiger charge is -2.44. The fraction of sp³-hybridized carbons (Fsp3) is 0.393. The average Bonchev–Trinajstić information content (AvgIpc) is 3.15. The minimum atomic E-state index is -0.173. The third-order valence-corrected chi connectivity index (χ3v) is 7.73. The van der Waals surface area contributed by atoms with E-state index in [1.165, 1.54) is 21.9 Å². The summed E-state index contributed by atoms with van der Waals surface area (Å²) in [4.78, 5) is 15.8. The molecule has 4 heteroatoms.